The first kappa shape index (κ1) is 10.5. The Kier molecular flexibility index (Phi) is 3.30. The molecule has 0 amide bonds. The zero-order valence-corrected chi connectivity index (χ0v) is 8.50. The van der Waals surface area contributed by atoms with Crippen molar-refractivity contribution >= 4 is 11.2 Å². The average Bonchev–Trinajstić information content (AvgIpc) is 2.03. The van der Waals surface area contributed by atoms with Gasteiger partial charge in [-0.2, -0.15) is 0 Å². The second-order valence-electron chi connectivity index (χ2n) is 3.42. The summed E-state index contributed by atoms with van der Waals surface area (Å²) in [4.78, 5) is 3.92. The molecule has 0 N–H and O–H groups in total. The molecule has 1 unspecified atom stereocenters. The zero-order chi connectivity index (χ0) is 9.90. The highest BCUT2D eigenvalue weighted by atomic mass is 32.2. The summed E-state index contributed by atoms with van der Waals surface area (Å²) in [5.41, 5.74) is -1.16. The first-order valence-corrected chi connectivity index (χ1v) is 5.31. The Morgan fingerprint density at radius 2 is 2.23 bits per heavy atom. The van der Waals surface area contributed by atoms with Crippen molar-refractivity contribution in [2.45, 2.75) is 24.5 Å². The molecule has 0 aliphatic heterocycles. The van der Waals surface area contributed by atoms with E-state index in [1.807, 2.05) is 0 Å². The molecule has 1 rings (SSSR count). The average molecular weight is 198 g/mol. The Morgan fingerprint density at radius 1 is 1.54 bits per heavy atom. The summed E-state index contributed by atoms with van der Waals surface area (Å²) in [6.07, 6.45) is 1.57. The molecule has 1 atom stereocenters. The lowest BCUT2D eigenvalue weighted by atomic mass is 10.2. The van der Waals surface area contributed by atoms with Gasteiger partial charge in [0.05, 0.1) is 0 Å². The fraction of sp³-hybridized carbons (Fsp3) is 0.444. The number of nitrogens with zero attached hydrogens (tertiary/aromatic N) is 1. The van der Waals surface area contributed by atoms with Gasteiger partial charge in [0.1, 0.15) is 11.4 Å². The largest absolute Gasteiger partial charge is 0.610 e. The minimum absolute atomic E-state index is 0.101. The van der Waals surface area contributed by atoms with E-state index in [4.69, 9.17) is 0 Å². The normalized spacial score (nSPS) is 14.2. The van der Waals surface area contributed by atoms with Gasteiger partial charge in [0.25, 0.3) is 0 Å². The summed E-state index contributed by atoms with van der Waals surface area (Å²) in [7, 11) is 0. The number of hydrogen-bond donors (Lipinski definition) is 0. The zero-order valence-electron chi connectivity index (χ0n) is 7.69. The molecule has 0 saturated carbocycles. The molecule has 4 heteroatoms. The number of rotatable bonds is 3. The Labute approximate surface area is 81.0 Å². The third-order valence-electron chi connectivity index (χ3n) is 1.35. The maximum absolute atomic E-state index is 11.5. The quantitative estimate of drug-likeness (QED) is 0.689. The van der Waals surface area contributed by atoms with Crippen LogP contribution in [0.25, 0.3) is 0 Å². The topological polar surface area (TPSA) is 55.8 Å². The van der Waals surface area contributed by atoms with Gasteiger partial charge in [0.2, 0.25) is 5.03 Å². The van der Waals surface area contributed by atoms with Crippen LogP contribution in [0.4, 0.5) is 0 Å². The summed E-state index contributed by atoms with van der Waals surface area (Å²) in [5.74, 6) is 0.101. The van der Waals surface area contributed by atoms with Crippen molar-refractivity contribution in [1.29, 1.82) is 0 Å². The van der Waals surface area contributed by atoms with Crippen LogP contribution in [-0.4, -0.2) is 20.9 Å². The van der Waals surface area contributed by atoms with E-state index in [-0.39, 0.29) is 5.75 Å². The monoisotopic (exact) mass is 198 g/mol. The van der Waals surface area contributed by atoms with Crippen molar-refractivity contribution in [1.82, 2.24) is 4.98 Å². The van der Waals surface area contributed by atoms with Crippen LogP contribution in [0.1, 0.15) is 13.8 Å². The SMILES string of the molecule is CC(C)([O])C[S+]([O-])c1ccccn1. The van der Waals surface area contributed by atoms with Crippen LogP contribution in [-0.2, 0) is 16.3 Å². The predicted molar refractivity (Wildman–Crippen MR) is 50.3 cm³/mol. The van der Waals surface area contributed by atoms with Crippen molar-refractivity contribution in [3.05, 3.63) is 24.4 Å². The summed E-state index contributed by atoms with van der Waals surface area (Å²) in [5, 5.41) is 11.7. The highest BCUT2D eigenvalue weighted by Crippen LogP contribution is 2.13. The molecule has 0 aliphatic rings. The summed E-state index contributed by atoms with van der Waals surface area (Å²) >= 11 is -1.28. The lowest BCUT2D eigenvalue weighted by Crippen LogP contribution is -2.29. The van der Waals surface area contributed by atoms with Crippen molar-refractivity contribution in [2.75, 3.05) is 5.75 Å². The van der Waals surface area contributed by atoms with Gasteiger partial charge in [-0.1, -0.05) is 6.07 Å². The minimum Gasteiger partial charge on any atom is -0.610 e. The van der Waals surface area contributed by atoms with E-state index in [0.29, 0.717) is 5.03 Å². The van der Waals surface area contributed by atoms with Crippen LogP contribution in [0.5, 0.6) is 0 Å². The van der Waals surface area contributed by atoms with E-state index in [1.54, 1.807) is 24.4 Å². The lowest BCUT2D eigenvalue weighted by Gasteiger charge is -2.16. The van der Waals surface area contributed by atoms with Gasteiger partial charge >= 0.3 is 0 Å². The smallest absolute Gasteiger partial charge is 0.244 e. The number of pyridine rings is 1. The predicted octanol–water partition coefficient (Wildman–Crippen LogP) is 1.40. The molecule has 0 aromatic carbocycles. The molecule has 0 aliphatic carbocycles. The highest BCUT2D eigenvalue weighted by molar-refractivity contribution is 7.91. The Hall–Kier alpha value is -0.580. The molecule has 1 aromatic rings. The van der Waals surface area contributed by atoms with Crippen LogP contribution in [0.15, 0.2) is 29.4 Å². The van der Waals surface area contributed by atoms with E-state index in [1.165, 1.54) is 13.8 Å². The van der Waals surface area contributed by atoms with Crippen molar-refractivity contribution in [2.24, 2.45) is 0 Å². The fourth-order valence-electron chi connectivity index (χ4n) is 0.871. The van der Waals surface area contributed by atoms with Crippen LogP contribution >= 0.6 is 0 Å². The molecular weight excluding hydrogens is 186 g/mol. The molecule has 1 aromatic heterocycles. The van der Waals surface area contributed by atoms with Gasteiger partial charge in [-0.15, -0.1) is 0 Å². The minimum atomic E-state index is -1.28. The second kappa shape index (κ2) is 4.09. The number of hydrogen-bond acceptors (Lipinski definition) is 2. The summed E-state index contributed by atoms with van der Waals surface area (Å²) in [6.45, 7) is 3.04. The maximum Gasteiger partial charge on any atom is 0.244 e. The van der Waals surface area contributed by atoms with Crippen LogP contribution in [0.3, 0.4) is 0 Å². The van der Waals surface area contributed by atoms with Gasteiger partial charge in [0, 0.05) is 23.4 Å². The van der Waals surface area contributed by atoms with Gasteiger partial charge in [-0.05, 0) is 19.9 Å². The van der Waals surface area contributed by atoms with E-state index in [9.17, 15) is 9.66 Å². The fourth-order valence-corrected chi connectivity index (χ4v) is 2.06. The van der Waals surface area contributed by atoms with Crippen molar-refractivity contribution < 1.29 is 9.66 Å². The van der Waals surface area contributed by atoms with Crippen molar-refractivity contribution in [3.63, 3.8) is 0 Å². The third kappa shape index (κ3) is 3.76. The van der Waals surface area contributed by atoms with Gasteiger partial charge < -0.3 is 4.55 Å². The van der Waals surface area contributed by atoms with Gasteiger partial charge in [-0.3, -0.25) is 0 Å². The Balaban J connectivity index is 2.64. The Bertz CT molecular complexity index is 258. The molecule has 71 valence electrons. The summed E-state index contributed by atoms with van der Waals surface area (Å²) in [6, 6.07) is 5.18. The van der Waals surface area contributed by atoms with E-state index >= 15 is 0 Å². The maximum atomic E-state index is 11.5. The molecule has 0 bridgehead atoms. The summed E-state index contributed by atoms with van der Waals surface area (Å²) < 4.78 is 11.5. The first-order chi connectivity index (χ1) is 5.99. The molecular formula is C9H12NO2S. The standard InChI is InChI=1S/C9H12NO2S/c1-9(2,11)7-13(12)8-5-3-4-6-10-8/h3-6H,7H2,1-2H3. The first-order valence-electron chi connectivity index (χ1n) is 3.99. The lowest BCUT2D eigenvalue weighted by molar-refractivity contribution is 0.0248. The van der Waals surface area contributed by atoms with E-state index in [0.717, 1.165) is 0 Å². The molecule has 3 nitrogen and oxygen atoms in total. The van der Waals surface area contributed by atoms with Gasteiger partial charge in [-0.25, -0.2) is 10.1 Å². The number of aromatic nitrogens is 1. The molecule has 1 heterocycles. The third-order valence-corrected chi connectivity index (χ3v) is 3.02. The van der Waals surface area contributed by atoms with Crippen LogP contribution < -0.4 is 0 Å². The van der Waals surface area contributed by atoms with E-state index in [2.05, 4.69) is 4.98 Å². The molecule has 1 radical (unpaired) electrons. The molecule has 13 heavy (non-hydrogen) atoms. The van der Waals surface area contributed by atoms with E-state index < -0.39 is 16.8 Å². The van der Waals surface area contributed by atoms with Crippen LogP contribution in [0, 0.1) is 0 Å². The highest BCUT2D eigenvalue weighted by Gasteiger charge is 2.25. The molecule has 0 fully saturated rings. The Morgan fingerprint density at radius 3 is 2.69 bits per heavy atom. The second-order valence-corrected chi connectivity index (χ2v) is 4.82. The van der Waals surface area contributed by atoms with Gasteiger partial charge in [0.15, 0.2) is 0 Å². The van der Waals surface area contributed by atoms with Crippen LogP contribution in [0.2, 0.25) is 0 Å². The van der Waals surface area contributed by atoms with Crippen molar-refractivity contribution in [3.8, 4) is 0 Å². The molecule has 0 spiro atoms. The molecule has 0 saturated heterocycles.